The molecule has 0 saturated carbocycles. The lowest BCUT2D eigenvalue weighted by Gasteiger charge is -2.35. The molecule has 0 spiro atoms. The fourth-order valence-corrected chi connectivity index (χ4v) is 1.28. The predicted octanol–water partition coefficient (Wildman–Crippen LogP) is 2.40. The van der Waals surface area contributed by atoms with Gasteiger partial charge >= 0.3 is 5.97 Å². The molecule has 4 nitrogen and oxygen atoms in total. The minimum Gasteiger partial charge on any atom is -0.477 e. The van der Waals surface area contributed by atoms with E-state index in [1.54, 1.807) is 6.07 Å². The molecule has 0 radical (unpaired) electrons. The number of hydrogen-bond acceptors (Lipinski definition) is 3. The Morgan fingerprint density at radius 1 is 1.50 bits per heavy atom. The summed E-state index contributed by atoms with van der Waals surface area (Å²) in [5.41, 5.74) is 0.0423. The van der Waals surface area contributed by atoms with Crippen LogP contribution < -0.4 is 4.90 Å². The van der Waals surface area contributed by atoms with E-state index >= 15 is 0 Å². The van der Waals surface area contributed by atoms with Gasteiger partial charge in [0.1, 0.15) is 5.82 Å². The lowest BCUT2D eigenvalue weighted by Crippen LogP contribution is -2.41. The van der Waals surface area contributed by atoms with Gasteiger partial charge in [0.2, 0.25) is 0 Å². The Balaban J connectivity index is 3.05. The smallest absolute Gasteiger partial charge is 0.354 e. The number of carbonyl (C=O) groups is 1. The molecule has 0 aliphatic rings. The Kier molecular flexibility index (Phi) is 3.52. The molecule has 1 rings (SSSR count). The van der Waals surface area contributed by atoms with Crippen molar-refractivity contribution in [3.63, 3.8) is 0 Å². The Hall–Kier alpha value is -1.58. The van der Waals surface area contributed by atoms with Crippen molar-refractivity contribution >= 4 is 11.8 Å². The average molecular weight is 222 g/mol. The highest BCUT2D eigenvalue weighted by molar-refractivity contribution is 5.85. The van der Waals surface area contributed by atoms with E-state index in [9.17, 15) is 4.79 Å². The van der Waals surface area contributed by atoms with E-state index in [0.717, 1.165) is 6.42 Å². The van der Waals surface area contributed by atoms with Gasteiger partial charge in [0.25, 0.3) is 0 Å². The van der Waals surface area contributed by atoms with Crippen LogP contribution >= 0.6 is 0 Å². The number of aromatic nitrogens is 1. The summed E-state index contributed by atoms with van der Waals surface area (Å²) < 4.78 is 0. The van der Waals surface area contributed by atoms with E-state index in [1.165, 1.54) is 6.07 Å². The standard InChI is InChI=1S/C12H18N2O2/c1-5-12(2,3)14(4)10-8-6-7-9(13-10)11(15)16/h6-8H,5H2,1-4H3,(H,15,16). The van der Waals surface area contributed by atoms with E-state index in [4.69, 9.17) is 5.11 Å². The van der Waals surface area contributed by atoms with Gasteiger partial charge in [0.15, 0.2) is 5.69 Å². The van der Waals surface area contributed by atoms with Crippen LogP contribution in [-0.2, 0) is 0 Å². The maximum absolute atomic E-state index is 10.8. The predicted molar refractivity (Wildman–Crippen MR) is 64.0 cm³/mol. The summed E-state index contributed by atoms with van der Waals surface area (Å²) in [6.07, 6.45) is 0.961. The van der Waals surface area contributed by atoms with Crippen LogP contribution in [0, 0.1) is 0 Å². The van der Waals surface area contributed by atoms with E-state index in [1.807, 2.05) is 18.0 Å². The summed E-state index contributed by atoms with van der Waals surface area (Å²) in [5.74, 6) is -0.309. The van der Waals surface area contributed by atoms with Crippen molar-refractivity contribution in [2.24, 2.45) is 0 Å². The van der Waals surface area contributed by atoms with Crippen molar-refractivity contribution in [2.75, 3.05) is 11.9 Å². The van der Waals surface area contributed by atoms with Crippen molar-refractivity contribution < 1.29 is 9.90 Å². The summed E-state index contributed by atoms with van der Waals surface area (Å²) in [6, 6.07) is 5.04. The molecule has 1 heterocycles. The molecular weight excluding hydrogens is 204 g/mol. The summed E-state index contributed by atoms with van der Waals surface area (Å²) in [6.45, 7) is 6.29. The van der Waals surface area contributed by atoms with Crippen LogP contribution in [0.15, 0.2) is 18.2 Å². The molecule has 0 unspecified atom stereocenters. The second kappa shape index (κ2) is 4.51. The Bertz CT molecular complexity index is 388. The number of anilines is 1. The van der Waals surface area contributed by atoms with Gasteiger partial charge in [0, 0.05) is 12.6 Å². The number of hydrogen-bond donors (Lipinski definition) is 1. The fourth-order valence-electron chi connectivity index (χ4n) is 1.28. The van der Waals surface area contributed by atoms with Gasteiger partial charge in [-0.25, -0.2) is 9.78 Å². The van der Waals surface area contributed by atoms with Crippen molar-refractivity contribution in [3.05, 3.63) is 23.9 Å². The van der Waals surface area contributed by atoms with Gasteiger partial charge in [0.05, 0.1) is 0 Å². The van der Waals surface area contributed by atoms with Crippen LogP contribution in [0.2, 0.25) is 0 Å². The van der Waals surface area contributed by atoms with Crippen LogP contribution in [0.3, 0.4) is 0 Å². The highest BCUT2D eigenvalue weighted by Gasteiger charge is 2.22. The molecule has 0 aliphatic heterocycles. The van der Waals surface area contributed by atoms with Crippen molar-refractivity contribution in [1.29, 1.82) is 0 Å². The number of pyridine rings is 1. The normalized spacial score (nSPS) is 11.2. The Morgan fingerprint density at radius 2 is 2.12 bits per heavy atom. The zero-order chi connectivity index (χ0) is 12.3. The molecule has 0 atom stereocenters. The van der Waals surface area contributed by atoms with Gasteiger partial charge < -0.3 is 10.0 Å². The molecule has 0 fully saturated rings. The van der Waals surface area contributed by atoms with Crippen LogP contribution in [-0.4, -0.2) is 28.6 Å². The lowest BCUT2D eigenvalue weighted by atomic mass is 10.00. The van der Waals surface area contributed by atoms with Gasteiger partial charge in [-0.05, 0) is 32.4 Å². The fraction of sp³-hybridized carbons (Fsp3) is 0.500. The summed E-state index contributed by atoms with van der Waals surface area (Å²) >= 11 is 0. The van der Waals surface area contributed by atoms with Gasteiger partial charge in [-0.2, -0.15) is 0 Å². The average Bonchev–Trinajstić information content (AvgIpc) is 2.28. The SMILES string of the molecule is CCC(C)(C)N(C)c1cccc(C(=O)O)n1. The molecule has 0 bridgehead atoms. The molecule has 4 heteroatoms. The van der Waals surface area contributed by atoms with E-state index in [0.29, 0.717) is 5.82 Å². The molecule has 1 aromatic heterocycles. The number of nitrogens with zero attached hydrogens (tertiary/aromatic N) is 2. The zero-order valence-electron chi connectivity index (χ0n) is 10.2. The topological polar surface area (TPSA) is 53.4 Å². The maximum Gasteiger partial charge on any atom is 0.354 e. The Morgan fingerprint density at radius 3 is 2.62 bits per heavy atom. The third kappa shape index (κ3) is 2.51. The molecule has 0 aromatic carbocycles. The summed E-state index contributed by atoms with van der Waals surface area (Å²) in [7, 11) is 1.93. The van der Waals surface area contributed by atoms with Crippen LogP contribution in [0.1, 0.15) is 37.7 Å². The van der Waals surface area contributed by atoms with Crippen LogP contribution in [0.4, 0.5) is 5.82 Å². The molecule has 0 amide bonds. The van der Waals surface area contributed by atoms with Crippen LogP contribution in [0.5, 0.6) is 0 Å². The number of carboxylic acids is 1. The molecule has 16 heavy (non-hydrogen) atoms. The van der Waals surface area contributed by atoms with Crippen molar-refractivity contribution in [3.8, 4) is 0 Å². The maximum atomic E-state index is 10.8. The molecule has 88 valence electrons. The second-order valence-electron chi connectivity index (χ2n) is 4.41. The van der Waals surface area contributed by atoms with Gasteiger partial charge in [-0.1, -0.05) is 13.0 Å². The number of rotatable bonds is 4. The first-order valence-corrected chi connectivity index (χ1v) is 5.32. The van der Waals surface area contributed by atoms with Gasteiger partial charge in [-0.15, -0.1) is 0 Å². The molecule has 1 N–H and O–H groups in total. The molecular formula is C12H18N2O2. The molecule has 1 aromatic rings. The van der Waals surface area contributed by atoms with Crippen LogP contribution in [0.25, 0.3) is 0 Å². The molecule has 0 aliphatic carbocycles. The highest BCUT2D eigenvalue weighted by atomic mass is 16.4. The largest absolute Gasteiger partial charge is 0.477 e. The molecule has 0 saturated heterocycles. The van der Waals surface area contributed by atoms with Crippen molar-refractivity contribution in [2.45, 2.75) is 32.7 Å². The summed E-state index contributed by atoms with van der Waals surface area (Å²) in [4.78, 5) is 16.9. The lowest BCUT2D eigenvalue weighted by molar-refractivity contribution is 0.0690. The first-order valence-electron chi connectivity index (χ1n) is 5.32. The monoisotopic (exact) mass is 222 g/mol. The van der Waals surface area contributed by atoms with E-state index in [2.05, 4.69) is 25.8 Å². The third-order valence-corrected chi connectivity index (χ3v) is 3.07. The van der Waals surface area contributed by atoms with E-state index < -0.39 is 5.97 Å². The highest BCUT2D eigenvalue weighted by Crippen LogP contribution is 2.22. The van der Waals surface area contributed by atoms with E-state index in [-0.39, 0.29) is 11.2 Å². The first-order chi connectivity index (χ1) is 7.38. The second-order valence-corrected chi connectivity index (χ2v) is 4.41. The third-order valence-electron chi connectivity index (χ3n) is 3.07. The summed E-state index contributed by atoms with van der Waals surface area (Å²) in [5, 5.41) is 8.87. The minimum absolute atomic E-state index is 0.0376. The minimum atomic E-state index is -0.996. The van der Waals surface area contributed by atoms with Crippen molar-refractivity contribution in [1.82, 2.24) is 4.98 Å². The first kappa shape index (κ1) is 12.5. The zero-order valence-corrected chi connectivity index (χ0v) is 10.2. The van der Waals surface area contributed by atoms with Gasteiger partial charge in [-0.3, -0.25) is 0 Å². The number of carboxylic acid groups (broad SMARTS) is 1. The number of aromatic carboxylic acids is 1. The quantitative estimate of drug-likeness (QED) is 0.850. The Labute approximate surface area is 95.9 Å².